The molecule has 1 aliphatic heterocycles. The number of esters is 1. The van der Waals surface area contributed by atoms with Gasteiger partial charge in [-0.05, 0) is 35.0 Å². The first kappa shape index (κ1) is 17.4. The third-order valence-electron chi connectivity index (χ3n) is 4.44. The van der Waals surface area contributed by atoms with E-state index in [2.05, 4.69) is 0 Å². The highest BCUT2D eigenvalue weighted by atomic mass is 32.2. The summed E-state index contributed by atoms with van der Waals surface area (Å²) in [5, 5.41) is 11.8. The van der Waals surface area contributed by atoms with E-state index < -0.39 is 5.97 Å². The van der Waals surface area contributed by atoms with Gasteiger partial charge in [0, 0.05) is 17.2 Å². The Bertz CT molecular complexity index is 1030. The molecule has 1 aliphatic rings. The zero-order valence-corrected chi connectivity index (χ0v) is 15.2. The lowest BCUT2D eigenvalue weighted by atomic mass is 10.1. The Balaban J connectivity index is 1.48. The Kier molecular flexibility index (Phi) is 4.73. The van der Waals surface area contributed by atoms with Gasteiger partial charge >= 0.3 is 5.97 Å². The van der Waals surface area contributed by atoms with Crippen LogP contribution in [0.25, 0.3) is 10.8 Å². The van der Waals surface area contributed by atoms with Gasteiger partial charge in [-0.2, -0.15) is 0 Å². The van der Waals surface area contributed by atoms with E-state index in [1.54, 1.807) is 22.7 Å². The van der Waals surface area contributed by atoms with Crippen molar-refractivity contribution in [2.24, 2.45) is 0 Å². The van der Waals surface area contributed by atoms with Gasteiger partial charge in [-0.25, -0.2) is 4.79 Å². The summed E-state index contributed by atoms with van der Waals surface area (Å²) < 4.78 is 5.19. The van der Waals surface area contributed by atoms with Crippen LogP contribution in [0.3, 0.4) is 0 Å². The molecule has 0 saturated heterocycles. The number of hydrogen-bond donors (Lipinski definition) is 1. The first-order valence-corrected chi connectivity index (χ1v) is 9.53. The molecule has 0 aliphatic carbocycles. The highest BCUT2D eigenvalue weighted by Gasteiger charge is 2.24. The van der Waals surface area contributed by atoms with Crippen molar-refractivity contribution in [3.63, 3.8) is 0 Å². The number of carbonyl (C=O) groups excluding carboxylic acids is 2. The third kappa shape index (κ3) is 3.48. The molecule has 27 heavy (non-hydrogen) atoms. The second-order valence-electron chi connectivity index (χ2n) is 6.15. The van der Waals surface area contributed by atoms with Gasteiger partial charge in [0.25, 0.3) is 5.91 Å². The SMILES string of the molecule is O=C(OCC(=O)N1CCSc2ccccc21)c1cc2ccccc2cc1O. The number of fused-ring (bicyclic) bond motifs is 2. The van der Waals surface area contributed by atoms with Gasteiger partial charge in [0.1, 0.15) is 11.3 Å². The van der Waals surface area contributed by atoms with Crippen LogP contribution in [0, 0.1) is 0 Å². The standard InChI is InChI=1S/C21H17NO4S/c23-18-12-15-6-2-1-5-14(15)11-16(18)21(25)26-13-20(24)22-9-10-27-19-8-4-3-7-17(19)22/h1-8,11-12,23H,9-10,13H2. The van der Waals surface area contributed by atoms with Crippen molar-refractivity contribution < 1.29 is 19.4 Å². The number of nitrogens with zero attached hydrogens (tertiary/aromatic N) is 1. The van der Waals surface area contributed by atoms with E-state index in [9.17, 15) is 14.7 Å². The number of hydrogen-bond acceptors (Lipinski definition) is 5. The minimum absolute atomic E-state index is 0.0519. The van der Waals surface area contributed by atoms with Crippen molar-refractivity contribution in [2.75, 3.05) is 23.8 Å². The molecule has 136 valence electrons. The van der Waals surface area contributed by atoms with Gasteiger partial charge in [-0.15, -0.1) is 11.8 Å². The zero-order valence-electron chi connectivity index (χ0n) is 14.4. The van der Waals surface area contributed by atoms with Gasteiger partial charge in [-0.1, -0.05) is 36.4 Å². The smallest absolute Gasteiger partial charge is 0.342 e. The van der Waals surface area contributed by atoms with Gasteiger partial charge in [0.2, 0.25) is 0 Å². The summed E-state index contributed by atoms with van der Waals surface area (Å²) in [6.07, 6.45) is 0. The summed E-state index contributed by atoms with van der Waals surface area (Å²) in [4.78, 5) is 27.6. The molecular weight excluding hydrogens is 362 g/mol. The molecule has 0 aromatic heterocycles. The van der Waals surface area contributed by atoms with E-state index >= 15 is 0 Å². The van der Waals surface area contributed by atoms with Gasteiger partial charge in [-0.3, -0.25) is 4.79 Å². The molecule has 1 N–H and O–H groups in total. The maximum absolute atomic E-state index is 12.6. The Labute approximate surface area is 160 Å². The average Bonchev–Trinajstić information content (AvgIpc) is 2.70. The summed E-state index contributed by atoms with van der Waals surface area (Å²) in [6.45, 7) is 0.198. The highest BCUT2D eigenvalue weighted by molar-refractivity contribution is 7.99. The van der Waals surface area contributed by atoms with Crippen LogP contribution in [-0.4, -0.2) is 35.9 Å². The molecule has 0 radical (unpaired) electrons. The molecular formula is C21H17NO4S. The van der Waals surface area contributed by atoms with Gasteiger partial charge in [0.05, 0.1) is 5.69 Å². The van der Waals surface area contributed by atoms with Crippen LogP contribution in [-0.2, 0) is 9.53 Å². The van der Waals surface area contributed by atoms with E-state index in [0.29, 0.717) is 6.54 Å². The van der Waals surface area contributed by atoms with E-state index in [-0.39, 0.29) is 23.8 Å². The monoisotopic (exact) mass is 379 g/mol. The predicted molar refractivity (Wildman–Crippen MR) is 105 cm³/mol. The lowest BCUT2D eigenvalue weighted by Crippen LogP contribution is -2.38. The first-order chi connectivity index (χ1) is 13.1. The molecule has 5 nitrogen and oxygen atoms in total. The van der Waals surface area contributed by atoms with Crippen molar-refractivity contribution >= 4 is 40.1 Å². The van der Waals surface area contributed by atoms with Crippen molar-refractivity contribution in [1.29, 1.82) is 0 Å². The molecule has 3 aromatic carbocycles. The zero-order chi connectivity index (χ0) is 18.8. The number of benzene rings is 3. The number of thioether (sulfide) groups is 1. The maximum atomic E-state index is 12.6. The normalized spacial score (nSPS) is 13.3. The molecule has 4 rings (SSSR count). The summed E-state index contributed by atoms with van der Waals surface area (Å²) in [6, 6.07) is 18.2. The summed E-state index contributed by atoms with van der Waals surface area (Å²) in [7, 11) is 0. The Morgan fingerprint density at radius 2 is 1.74 bits per heavy atom. The molecule has 0 atom stereocenters. The molecule has 1 heterocycles. The number of aromatic hydroxyl groups is 1. The van der Waals surface area contributed by atoms with E-state index in [1.165, 1.54) is 6.07 Å². The van der Waals surface area contributed by atoms with Gasteiger partial charge in [0.15, 0.2) is 6.61 Å². The first-order valence-electron chi connectivity index (χ1n) is 8.54. The van der Waals surface area contributed by atoms with Crippen molar-refractivity contribution in [1.82, 2.24) is 0 Å². The fourth-order valence-corrected chi connectivity index (χ4v) is 4.10. The average molecular weight is 379 g/mol. The number of amides is 1. The molecule has 3 aromatic rings. The maximum Gasteiger partial charge on any atom is 0.342 e. The van der Waals surface area contributed by atoms with Crippen molar-refractivity contribution in [3.05, 3.63) is 66.2 Å². The van der Waals surface area contributed by atoms with Crippen LogP contribution in [0.4, 0.5) is 5.69 Å². The number of carbonyl (C=O) groups is 2. The summed E-state index contributed by atoms with van der Waals surface area (Å²) in [5.41, 5.74) is 0.888. The summed E-state index contributed by atoms with van der Waals surface area (Å²) >= 11 is 1.70. The topological polar surface area (TPSA) is 66.8 Å². The van der Waals surface area contributed by atoms with E-state index in [1.807, 2.05) is 48.5 Å². The fourth-order valence-electron chi connectivity index (χ4n) is 3.10. The van der Waals surface area contributed by atoms with Crippen LogP contribution >= 0.6 is 11.8 Å². The number of phenolic OH excluding ortho intramolecular Hbond substituents is 1. The molecule has 0 bridgehead atoms. The van der Waals surface area contributed by atoms with Crippen LogP contribution in [0.2, 0.25) is 0 Å². The largest absolute Gasteiger partial charge is 0.507 e. The minimum atomic E-state index is -0.716. The number of anilines is 1. The van der Waals surface area contributed by atoms with Crippen LogP contribution in [0.15, 0.2) is 65.6 Å². The third-order valence-corrected chi connectivity index (χ3v) is 5.48. The second-order valence-corrected chi connectivity index (χ2v) is 7.29. The number of rotatable bonds is 3. The van der Waals surface area contributed by atoms with E-state index in [4.69, 9.17) is 4.74 Å². The molecule has 0 unspecified atom stereocenters. The molecule has 0 saturated carbocycles. The van der Waals surface area contributed by atoms with Gasteiger partial charge < -0.3 is 14.7 Å². The lowest BCUT2D eigenvalue weighted by molar-refractivity contribution is -0.121. The highest BCUT2D eigenvalue weighted by Crippen LogP contribution is 2.34. The van der Waals surface area contributed by atoms with Crippen molar-refractivity contribution in [3.8, 4) is 5.75 Å². The number of ether oxygens (including phenoxy) is 1. The summed E-state index contributed by atoms with van der Waals surface area (Å²) in [5.74, 6) is -0.365. The Hall–Kier alpha value is -2.99. The number of para-hydroxylation sites is 1. The number of phenols is 1. The molecule has 6 heteroatoms. The molecule has 0 spiro atoms. The lowest BCUT2D eigenvalue weighted by Gasteiger charge is -2.28. The molecule has 1 amide bonds. The minimum Gasteiger partial charge on any atom is -0.507 e. The molecule has 0 fully saturated rings. The van der Waals surface area contributed by atoms with Crippen LogP contribution in [0.5, 0.6) is 5.75 Å². The Morgan fingerprint density at radius 1 is 1.04 bits per heavy atom. The quantitative estimate of drug-likeness (QED) is 0.701. The second kappa shape index (κ2) is 7.32. The van der Waals surface area contributed by atoms with Crippen LogP contribution in [0.1, 0.15) is 10.4 Å². The predicted octanol–water partition coefficient (Wildman–Crippen LogP) is 3.84. The fraction of sp³-hybridized carbons (Fsp3) is 0.143. The Morgan fingerprint density at radius 3 is 2.56 bits per heavy atom. The van der Waals surface area contributed by atoms with Crippen molar-refractivity contribution in [2.45, 2.75) is 4.90 Å². The van der Waals surface area contributed by atoms with Crippen LogP contribution < -0.4 is 4.90 Å². The van der Waals surface area contributed by atoms with E-state index in [0.717, 1.165) is 27.1 Å².